The fraction of sp³-hybridized carbons (Fsp3) is 0.944. The Morgan fingerprint density at radius 1 is 1.17 bits per heavy atom. The molecular weight excluding hydrogens is 415 g/mol. The zero-order valence-electron chi connectivity index (χ0n) is 15.6. The number of likely N-dealkylation sites (tertiary alicyclic amines) is 1. The van der Waals surface area contributed by atoms with Crippen LogP contribution in [0.2, 0.25) is 0 Å². The molecule has 0 amide bonds. The molecule has 2 N–H and O–H groups in total. The van der Waals surface area contributed by atoms with Crippen molar-refractivity contribution in [1.82, 2.24) is 15.5 Å². The predicted molar refractivity (Wildman–Crippen MR) is 112 cm³/mol. The summed E-state index contributed by atoms with van der Waals surface area (Å²) in [6.07, 6.45) is 7.71. The molecule has 2 fully saturated rings. The van der Waals surface area contributed by atoms with Gasteiger partial charge in [-0.15, -0.1) is 24.0 Å². The molecule has 1 saturated heterocycles. The minimum atomic E-state index is 0. The molecule has 2 aliphatic rings. The fourth-order valence-electron chi connectivity index (χ4n) is 3.14. The van der Waals surface area contributed by atoms with Crippen molar-refractivity contribution >= 4 is 29.9 Å². The van der Waals surface area contributed by atoms with Gasteiger partial charge < -0.3 is 20.3 Å². The Kier molecular flexibility index (Phi) is 12.0. The van der Waals surface area contributed by atoms with Crippen molar-refractivity contribution in [2.45, 2.75) is 45.4 Å². The van der Waals surface area contributed by atoms with Crippen molar-refractivity contribution in [2.24, 2.45) is 16.8 Å². The maximum atomic E-state index is 5.64. The first-order chi connectivity index (χ1) is 11.3. The molecule has 0 aromatic heterocycles. The van der Waals surface area contributed by atoms with Crippen molar-refractivity contribution in [3.63, 3.8) is 0 Å². The minimum Gasteiger partial charge on any atom is -0.381 e. The molecule has 1 aliphatic carbocycles. The highest BCUT2D eigenvalue weighted by Crippen LogP contribution is 2.28. The SMILES string of the molecule is CN=C(NCCCOCC1CC1)NCCCN1CCCC(C)C1.I. The van der Waals surface area contributed by atoms with Gasteiger partial charge in [-0.25, -0.2) is 0 Å². The summed E-state index contributed by atoms with van der Waals surface area (Å²) >= 11 is 0. The number of halogens is 1. The van der Waals surface area contributed by atoms with Gasteiger partial charge in [0.25, 0.3) is 0 Å². The number of ether oxygens (including phenoxy) is 1. The lowest BCUT2D eigenvalue weighted by Gasteiger charge is -2.30. The quantitative estimate of drug-likeness (QED) is 0.232. The number of nitrogens with zero attached hydrogens (tertiary/aromatic N) is 2. The summed E-state index contributed by atoms with van der Waals surface area (Å²) in [7, 11) is 1.84. The lowest BCUT2D eigenvalue weighted by molar-refractivity contribution is 0.123. The molecule has 0 spiro atoms. The van der Waals surface area contributed by atoms with Gasteiger partial charge in [-0.05, 0) is 63.5 Å². The highest BCUT2D eigenvalue weighted by Gasteiger charge is 2.20. The van der Waals surface area contributed by atoms with Crippen LogP contribution in [0.15, 0.2) is 4.99 Å². The largest absolute Gasteiger partial charge is 0.381 e. The summed E-state index contributed by atoms with van der Waals surface area (Å²) < 4.78 is 5.64. The van der Waals surface area contributed by atoms with Crippen LogP contribution in [0.4, 0.5) is 0 Å². The topological polar surface area (TPSA) is 48.9 Å². The summed E-state index contributed by atoms with van der Waals surface area (Å²) in [5, 5.41) is 6.77. The summed E-state index contributed by atoms with van der Waals surface area (Å²) in [5.74, 6) is 2.65. The van der Waals surface area contributed by atoms with Gasteiger partial charge in [0.05, 0.1) is 0 Å². The predicted octanol–water partition coefficient (Wildman–Crippen LogP) is 2.71. The van der Waals surface area contributed by atoms with Crippen molar-refractivity contribution in [3.8, 4) is 0 Å². The van der Waals surface area contributed by atoms with Crippen molar-refractivity contribution in [3.05, 3.63) is 0 Å². The van der Waals surface area contributed by atoms with Gasteiger partial charge in [0.15, 0.2) is 5.96 Å². The molecule has 0 radical (unpaired) electrons. The first kappa shape index (κ1) is 22.0. The second-order valence-corrected chi connectivity index (χ2v) is 7.20. The molecule has 1 aliphatic heterocycles. The van der Waals surface area contributed by atoms with Crippen molar-refractivity contribution < 1.29 is 4.74 Å². The van der Waals surface area contributed by atoms with E-state index < -0.39 is 0 Å². The normalized spacial score (nSPS) is 22.1. The number of aliphatic imine (C=N–C) groups is 1. The molecule has 6 heteroatoms. The van der Waals surface area contributed by atoms with Gasteiger partial charge in [-0.2, -0.15) is 0 Å². The molecule has 142 valence electrons. The van der Waals surface area contributed by atoms with Crippen LogP contribution in [0.25, 0.3) is 0 Å². The molecule has 1 heterocycles. The molecule has 0 bridgehead atoms. The van der Waals surface area contributed by atoms with Crippen LogP contribution >= 0.6 is 24.0 Å². The molecule has 1 atom stereocenters. The van der Waals surface area contributed by atoms with Crippen molar-refractivity contribution in [1.29, 1.82) is 0 Å². The molecule has 2 rings (SSSR count). The van der Waals surface area contributed by atoms with Gasteiger partial charge in [-0.3, -0.25) is 4.99 Å². The van der Waals surface area contributed by atoms with Gasteiger partial charge >= 0.3 is 0 Å². The molecule has 24 heavy (non-hydrogen) atoms. The number of hydrogen-bond acceptors (Lipinski definition) is 3. The monoisotopic (exact) mass is 452 g/mol. The number of hydrogen-bond donors (Lipinski definition) is 2. The highest BCUT2D eigenvalue weighted by molar-refractivity contribution is 14.0. The fourth-order valence-corrected chi connectivity index (χ4v) is 3.14. The van der Waals surface area contributed by atoms with Crippen LogP contribution in [0.5, 0.6) is 0 Å². The van der Waals surface area contributed by atoms with E-state index >= 15 is 0 Å². The van der Waals surface area contributed by atoms with E-state index in [1.54, 1.807) is 0 Å². The van der Waals surface area contributed by atoms with E-state index in [9.17, 15) is 0 Å². The molecule has 1 unspecified atom stereocenters. The van der Waals surface area contributed by atoms with Crippen LogP contribution < -0.4 is 10.6 Å². The molecule has 0 aromatic carbocycles. The van der Waals surface area contributed by atoms with Gasteiger partial charge in [0.1, 0.15) is 0 Å². The highest BCUT2D eigenvalue weighted by atomic mass is 127. The summed E-state index contributed by atoms with van der Waals surface area (Å²) in [6.45, 7) is 9.84. The van der Waals surface area contributed by atoms with Crippen LogP contribution in [0.1, 0.15) is 45.4 Å². The average Bonchev–Trinajstić information content (AvgIpc) is 3.37. The van der Waals surface area contributed by atoms with Gasteiger partial charge in [-0.1, -0.05) is 6.92 Å². The van der Waals surface area contributed by atoms with E-state index in [1.165, 1.54) is 51.7 Å². The number of guanidine groups is 1. The average molecular weight is 452 g/mol. The van der Waals surface area contributed by atoms with E-state index in [0.717, 1.165) is 50.5 Å². The Hall–Kier alpha value is -0.0800. The number of rotatable bonds is 10. The molecule has 1 saturated carbocycles. The van der Waals surface area contributed by atoms with Crippen LogP contribution in [-0.4, -0.2) is 63.8 Å². The second kappa shape index (κ2) is 13.2. The smallest absolute Gasteiger partial charge is 0.190 e. The third-order valence-electron chi connectivity index (χ3n) is 4.72. The molecule has 0 aromatic rings. The number of nitrogens with one attached hydrogen (secondary N) is 2. The Labute approximate surface area is 165 Å². The summed E-state index contributed by atoms with van der Waals surface area (Å²) in [5.41, 5.74) is 0. The molecule has 5 nitrogen and oxygen atoms in total. The van der Waals surface area contributed by atoms with Gasteiger partial charge in [0.2, 0.25) is 0 Å². The zero-order chi connectivity index (χ0) is 16.3. The van der Waals surface area contributed by atoms with E-state index in [0.29, 0.717) is 0 Å². The second-order valence-electron chi connectivity index (χ2n) is 7.20. The Morgan fingerprint density at radius 3 is 2.58 bits per heavy atom. The molecular formula is C18H37IN4O. The van der Waals surface area contributed by atoms with E-state index in [-0.39, 0.29) is 24.0 Å². The lowest BCUT2D eigenvalue weighted by Crippen LogP contribution is -2.40. The van der Waals surface area contributed by atoms with E-state index in [1.807, 2.05) is 7.05 Å². The van der Waals surface area contributed by atoms with Crippen LogP contribution in [-0.2, 0) is 4.74 Å². The first-order valence-corrected chi connectivity index (χ1v) is 9.52. The van der Waals surface area contributed by atoms with E-state index in [2.05, 4.69) is 27.4 Å². The van der Waals surface area contributed by atoms with E-state index in [4.69, 9.17) is 4.74 Å². The Balaban J connectivity index is 0.00000288. The van der Waals surface area contributed by atoms with Crippen LogP contribution in [0, 0.1) is 11.8 Å². The third-order valence-corrected chi connectivity index (χ3v) is 4.72. The first-order valence-electron chi connectivity index (χ1n) is 9.52. The lowest BCUT2D eigenvalue weighted by atomic mass is 10.0. The standard InChI is InChI=1S/C18H36N4O.HI/c1-16-6-3-11-22(14-16)12-4-9-20-18(19-2)21-10-5-13-23-15-17-7-8-17;/h16-17H,3-15H2,1-2H3,(H2,19,20,21);1H. The minimum absolute atomic E-state index is 0. The van der Waals surface area contributed by atoms with Crippen LogP contribution in [0.3, 0.4) is 0 Å². The van der Waals surface area contributed by atoms with Gasteiger partial charge in [0, 0.05) is 39.9 Å². The summed E-state index contributed by atoms with van der Waals surface area (Å²) in [6, 6.07) is 0. The Bertz CT molecular complexity index is 350. The maximum Gasteiger partial charge on any atom is 0.190 e. The number of piperidine rings is 1. The third kappa shape index (κ3) is 10.0. The summed E-state index contributed by atoms with van der Waals surface area (Å²) in [4.78, 5) is 6.88. The maximum absolute atomic E-state index is 5.64. The zero-order valence-corrected chi connectivity index (χ0v) is 17.9. The van der Waals surface area contributed by atoms with Crippen molar-refractivity contribution in [2.75, 3.05) is 53.0 Å². The Morgan fingerprint density at radius 2 is 1.92 bits per heavy atom.